The lowest BCUT2D eigenvalue weighted by molar-refractivity contribution is -0.117. The van der Waals surface area contributed by atoms with E-state index in [1.165, 1.54) is 12.3 Å². The van der Waals surface area contributed by atoms with Crippen LogP contribution in [0.3, 0.4) is 0 Å². The van der Waals surface area contributed by atoms with E-state index in [2.05, 4.69) is 0 Å². The molecule has 76 valence electrons. The smallest absolute Gasteiger partial charge is 0.162 e. The molecule has 0 saturated carbocycles. The monoisotopic (exact) mass is 200 g/mol. The quantitative estimate of drug-likeness (QED) is 0.733. The third kappa shape index (κ3) is 2.81. The zero-order chi connectivity index (χ0) is 10.5. The second kappa shape index (κ2) is 4.60. The Morgan fingerprint density at radius 2 is 2.07 bits per heavy atom. The molecule has 0 bridgehead atoms. The van der Waals surface area contributed by atoms with Gasteiger partial charge >= 0.3 is 0 Å². The van der Waals surface area contributed by atoms with Crippen LogP contribution in [0.5, 0.6) is 0 Å². The zero-order valence-corrected chi connectivity index (χ0v) is 8.30. The molecular weight excluding hydrogens is 188 g/mol. The van der Waals surface area contributed by atoms with Crippen molar-refractivity contribution in [3.63, 3.8) is 0 Å². The van der Waals surface area contributed by atoms with E-state index >= 15 is 0 Å². The first kappa shape index (κ1) is 9.71. The Balaban J connectivity index is 2.00. The van der Waals surface area contributed by atoms with Crippen molar-refractivity contribution in [1.82, 2.24) is 0 Å². The molecule has 1 unspecified atom stereocenters. The molecule has 1 aliphatic rings. The van der Waals surface area contributed by atoms with Crippen LogP contribution in [0.15, 0.2) is 48.7 Å². The van der Waals surface area contributed by atoms with Crippen molar-refractivity contribution in [2.75, 3.05) is 0 Å². The summed E-state index contributed by atoms with van der Waals surface area (Å²) in [7, 11) is 0. The maximum atomic E-state index is 11.1. The first-order valence-electron chi connectivity index (χ1n) is 4.93. The van der Waals surface area contributed by atoms with Crippen LogP contribution in [0.4, 0.5) is 0 Å². The summed E-state index contributed by atoms with van der Waals surface area (Å²) in [5, 5.41) is 0. The topological polar surface area (TPSA) is 26.3 Å². The van der Waals surface area contributed by atoms with Gasteiger partial charge in [-0.1, -0.05) is 36.4 Å². The summed E-state index contributed by atoms with van der Waals surface area (Å²) in [6.07, 6.45) is 7.12. The number of ether oxygens (including phenoxy) is 1. The highest BCUT2D eigenvalue weighted by atomic mass is 16.5. The summed E-state index contributed by atoms with van der Waals surface area (Å²) >= 11 is 0. The minimum absolute atomic E-state index is 0.115. The molecule has 0 spiro atoms. The summed E-state index contributed by atoms with van der Waals surface area (Å²) in [5.74, 6) is 0.115. The van der Waals surface area contributed by atoms with Crippen molar-refractivity contribution in [2.45, 2.75) is 12.5 Å². The lowest BCUT2D eigenvalue weighted by Gasteiger charge is -2.14. The number of hydrogen-bond donors (Lipinski definition) is 0. The number of carbonyl (C=O) groups excluding carboxylic acids is 1. The molecule has 0 aliphatic carbocycles. The third-order valence-corrected chi connectivity index (χ3v) is 2.21. The van der Waals surface area contributed by atoms with E-state index in [1.807, 2.05) is 42.5 Å². The highest BCUT2D eigenvalue weighted by Crippen LogP contribution is 2.11. The normalized spacial score (nSPS) is 20.5. The van der Waals surface area contributed by atoms with Crippen LogP contribution in [-0.4, -0.2) is 11.9 Å². The van der Waals surface area contributed by atoms with Gasteiger partial charge < -0.3 is 4.74 Å². The Hall–Kier alpha value is -1.83. The van der Waals surface area contributed by atoms with Crippen LogP contribution in [0, 0.1) is 0 Å². The van der Waals surface area contributed by atoms with Gasteiger partial charge in [-0.05, 0) is 11.6 Å². The summed E-state index contributed by atoms with van der Waals surface area (Å²) in [6.45, 7) is 0. The Morgan fingerprint density at radius 3 is 2.80 bits per heavy atom. The number of ketones is 1. The van der Waals surface area contributed by atoms with E-state index in [9.17, 15) is 4.79 Å². The number of allylic oxidation sites excluding steroid dienone is 1. The van der Waals surface area contributed by atoms with Crippen molar-refractivity contribution >= 4 is 11.9 Å². The van der Waals surface area contributed by atoms with Crippen molar-refractivity contribution < 1.29 is 9.53 Å². The third-order valence-electron chi connectivity index (χ3n) is 2.21. The van der Waals surface area contributed by atoms with Crippen LogP contribution >= 0.6 is 0 Å². The van der Waals surface area contributed by atoms with Gasteiger partial charge in [0.15, 0.2) is 5.78 Å². The lowest BCUT2D eigenvalue weighted by atomic mass is 10.1. The Kier molecular flexibility index (Phi) is 2.98. The Morgan fingerprint density at radius 1 is 1.27 bits per heavy atom. The van der Waals surface area contributed by atoms with Crippen LogP contribution in [0.2, 0.25) is 0 Å². The Labute approximate surface area is 88.9 Å². The average Bonchev–Trinajstić information content (AvgIpc) is 2.28. The highest BCUT2D eigenvalue weighted by molar-refractivity contribution is 5.90. The molecule has 1 aliphatic heterocycles. The molecule has 0 saturated heterocycles. The Bertz CT molecular complexity index is 390. The molecule has 1 atom stereocenters. The van der Waals surface area contributed by atoms with Gasteiger partial charge in [-0.2, -0.15) is 0 Å². The fourth-order valence-corrected chi connectivity index (χ4v) is 1.43. The van der Waals surface area contributed by atoms with Gasteiger partial charge in [-0.25, -0.2) is 0 Å². The van der Waals surface area contributed by atoms with Crippen LogP contribution < -0.4 is 0 Å². The lowest BCUT2D eigenvalue weighted by Crippen LogP contribution is -2.15. The largest absolute Gasteiger partial charge is 0.493 e. The van der Waals surface area contributed by atoms with E-state index < -0.39 is 0 Å². The van der Waals surface area contributed by atoms with Gasteiger partial charge in [0.25, 0.3) is 0 Å². The van der Waals surface area contributed by atoms with E-state index in [0.717, 1.165) is 5.56 Å². The van der Waals surface area contributed by atoms with Crippen molar-refractivity contribution in [2.24, 2.45) is 0 Å². The van der Waals surface area contributed by atoms with Crippen LogP contribution in [-0.2, 0) is 9.53 Å². The number of rotatable bonds is 2. The standard InChI is InChI=1S/C13H12O2/c14-12-8-9-15-13(10-12)7-6-11-4-2-1-3-5-11/h1-9,13H,10H2/b7-6+. The van der Waals surface area contributed by atoms with E-state index in [1.54, 1.807) is 0 Å². The number of hydrogen-bond acceptors (Lipinski definition) is 2. The molecule has 0 amide bonds. The SMILES string of the molecule is O=C1C=COC(/C=C/c2ccccc2)C1. The van der Waals surface area contributed by atoms with E-state index in [4.69, 9.17) is 4.74 Å². The summed E-state index contributed by atoms with van der Waals surface area (Å²) in [4.78, 5) is 11.1. The molecule has 1 aromatic carbocycles. The van der Waals surface area contributed by atoms with Crippen LogP contribution in [0.25, 0.3) is 6.08 Å². The predicted molar refractivity (Wildman–Crippen MR) is 59.1 cm³/mol. The first-order valence-corrected chi connectivity index (χ1v) is 4.93. The van der Waals surface area contributed by atoms with Gasteiger partial charge in [0.2, 0.25) is 0 Å². The minimum Gasteiger partial charge on any atom is -0.493 e. The molecule has 0 N–H and O–H groups in total. The average molecular weight is 200 g/mol. The molecule has 0 radical (unpaired) electrons. The molecule has 15 heavy (non-hydrogen) atoms. The van der Waals surface area contributed by atoms with Gasteiger partial charge in [-0.15, -0.1) is 0 Å². The van der Waals surface area contributed by atoms with Crippen molar-refractivity contribution in [3.8, 4) is 0 Å². The summed E-state index contributed by atoms with van der Waals surface area (Å²) < 4.78 is 5.28. The maximum absolute atomic E-state index is 11.1. The molecule has 2 heteroatoms. The molecule has 1 aromatic rings. The van der Waals surface area contributed by atoms with E-state index in [-0.39, 0.29) is 11.9 Å². The molecule has 1 heterocycles. The maximum Gasteiger partial charge on any atom is 0.162 e. The first-order chi connectivity index (χ1) is 7.34. The number of carbonyl (C=O) groups is 1. The van der Waals surface area contributed by atoms with Crippen LogP contribution in [0.1, 0.15) is 12.0 Å². The van der Waals surface area contributed by atoms with Gasteiger partial charge in [0, 0.05) is 6.08 Å². The fraction of sp³-hybridized carbons (Fsp3) is 0.154. The second-order valence-electron chi connectivity index (χ2n) is 3.42. The summed E-state index contributed by atoms with van der Waals surface area (Å²) in [6, 6.07) is 9.95. The van der Waals surface area contributed by atoms with Gasteiger partial charge in [-0.3, -0.25) is 4.79 Å². The molecular formula is C13H12O2. The van der Waals surface area contributed by atoms with Crippen molar-refractivity contribution in [3.05, 3.63) is 54.3 Å². The highest BCUT2D eigenvalue weighted by Gasteiger charge is 2.12. The minimum atomic E-state index is -0.122. The van der Waals surface area contributed by atoms with E-state index in [0.29, 0.717) is 6.42 Å². The molecule has 0 fully saturated rings. The fourth-order valence-electron chi connectivity index (χ4n) is 1.43. The predicted octanol–water partition coefficient (Wildman–Crippen LogP) is 2.57. The van der Waals surface area contributed by atoms with Gasteiger partial charge in [0.05, 0.1) is 12.7 Å². The second-order valence-corrected chi connectivity index (χ2v) is 3.42. The zero-order valence-electron chi connectivity index (χ0n) is 8.30. The molecule has 0 aromatic heterocycles. The number of benzene rings is 1. The van der Waals surface area contributed by atoms with Crippen molar-refractivity contribution in [1.29, 1.82) is 0 Å². The summed E-state index contributed by atoms with van der Waals surface area (Å²) in [5.41, 5.74) is 1.11. The molecule has 2 nitrogen and oxygen atoms in total. The van der Waals surface area contributed by atoms with Gasteiger partial charge in [0.1, 0.15) is 6.10 Å². The molecule has 2 rings (SSSR count).